The van der Waals surface area contributed by atoms with E-state index < -0.39 is 5.97 Å². The molecular formula is C37H57N5O4. The van der Waals surface area contributed by atoms with Crippen LogP contribution in [0.1, 0.15) is 117 Å². The molecule has 7 atom stereocenters. The maximum atomic E-state index is 14.5. The highest BCUT2D eigenvalue weighted by molar-refractivity contribution is 6.00. The number of piperidine rings is 2. The van der Waals surface area contributed by atoms with Gasteiger partial charge in [0.25, 0.3) is 5.56 Å². The van der Waals surface area contributed by atoms with E-state index >= 15 is 0 Å². The average Bonchev–Trinajstić information content (AvgIpc) is 3.00. The van der Waals surface area contributed by atoms with Gasteiger partial charge in [0, 0.05) is 37.1 Å². The van der Waals surface area contributed by atoms with Crippen molar-refractivity contribution in [1.82, 2.24) is 19.4 Å². The molecule has 0 spiro atoms. The number of carboxylic acid groups (broad SMARTS) is 1. The summed E-state index contributed by atoms with van der Waals surface area (Å²) in [6.07, 6.45) is 10.6. The highest BCUT2D eigenvalue weighted by atomic mass is 16.6. The highest BCUT2D eigenvalue weighted by Gasteiger charge is 2.43. The largest absolute Gasteiger partial charge is 0.481 e. The SMILES string of the molecule is CCN(CC)CCO/N=C(\CCC(=O)O)c1nc2ccccc2n(C2C[C@H]3CCC[C@@H](C2)N3C2C[C@H](C)CC(C)C[C@H](C)C2)c1=O. The number of aromatic nitrogens is 2. The number of fused-ring (bicyclic) bond motifs is 3. The van der Waals surface area contributed by atoms with Crippen LogP contribution in [0.4, 0.5) is 0 Å². The Bertz CT molecular complexity index is 1380. The van der Waals surface area contributed by atoms with E-state index in [1.807, 2.05) is 28.8 Å². The Morgan fingerprint density at radius 3 is 2.17 bits per heavy atom. The van der Waals surface area contributed by atoms with Gasteiger partial charge >= 0.3 is 5.97 Å². The molecule has 3 heterocycles. The standard InChI is InChI=1S/C37H57N5O4/c1-6-40(7-2)17-18-46-39-33(15-16-35(43)44)36-37(45)42(34-14-9-8-13-32(34)38-36)31-23-28-11-10-12-29(24-31)41(28)30-21-26(4)19-25(3)20-27(5)22-30/h8-9,13-14,25-31H,6-7,10-12,15-24H2,1-5H3,(H,43,44)/b39-33+/t25?,26-,27+,28-,29+,30?,31?. The van der Waals surface area contributed by atoms with Crippen molar-refractivity contribution in [3.05, 3.63) is 40.3 Å². The van der Waals surface area contributed by atoms with Crippen LogP contribution in [0.5, 0.6) is 0 Å². The average molecular weight is 636 g/mol. The molecule has 0 amide bonds. The number of hydrogen-bond donors (Lipinski definition) is 1. The summed E-state index contributed by atoms with van der Waals surface area (Å²) in [6.45, 7) is 14.4. The Hall–Kier alpha value is -2.78. The van der Waals surface area contributed by atoms with Gasteiger partial charge in [-0.05, 0) is 94.3 Å². The Morgan fingerprint density at radius 1 is 0.913 bits per heavy atom. The van der Waals surface area contributed by atoms with Crippen molar-refractivity contribution in [2.24, 2.45) is 22.9 Å². The lowest BCUT2D eigenvalue weighted by molar-refractivity contribution is -0.136. The summed E-state index contributed by atoms with van der Waals surface area (Å²) in [6, 6.07) is 9.45. The highest BCUT2D eigenvalue weighted by Crippen LogP contribution is 2.44. The van der Waals surface area contributed by atoms with Gasteiger partial charge in [0.15, 0.2) is 5.69 Å². The maximum absolute atomic E-state index is 14.5. The van der Waals surface area contributed by atoms with Crippen molar-refractivity contribution in [1.29, 1.82) is 0 Å². The van der Waals surface area contributed by atoms with Crippen molar-refractivity contribution in [2.45, 2.75) is 129 Å². The molecule has 2 bridgehead atoms. The first-order valence-corrected chi connectivity index (χ1v) is 18.1. The molecule has 9 heteroatoms. The van der Waals surface area contributed by atoms with E-state index in [2.05, 4.69) is 49.6 Å². The molecule has 2 aromatic rings. The third kappa shape index (κ3) is 8.19. The molecule has 9 nitrogen and oxygen atoms in total. The minimum atomic E-state index is -0.940. The fourth-order valence-electron chi connectivity index (χ4n) is 9.10. The Balaban J connectivity index is 1.47. The lowest BCUT2D eigenvalue weighted by Gasteiger charge is -2.54. The monoisotopic (exact) mass is 635 g/mol. The van der Waals surface area contributed by atoms with Crippen LogP contribution < -0.4 is 5.56 Å². The molecule has 1 aromatic heterocycles. The Labute approximate surface area is 275 Å². The summed E-state index contributed by atoms with van der Waals surface area (Å²) in [5, 5.41) is 13.9. The van der Waals surface area contributed by atoms with Crippen molar-refractivity contribution in [3.8, 4) is 0 Å². The van der Waals surface area contributed by atoms with Crippen LogP contribution in [0.15, 0.2) is 34.2 Å². The number of carbonyl (C=O) groups is 1. The lowest BCUT2D eigenvalue weighted by Crippen LogP contribution is -2.58. The molecule has 0 radical (unpaired) electrons. The minimum Gasteiger partial charge on any atom is -0.481 e. The number of hydrogen-bond acceptors (Lipinski definition) is 7. The third-order valence-corrected chi connectivity index (χ3v) is 11.0. The molecule has 1 aliphatic carbocycles. The molecule has 1 aromatic carbocycles. The molecule has 46 heavy (non-hydrogen) atoms. The van der Waals surface area contributed by atoms with Gasteiger partial charge in [-0.25, -0.2) is 4.98 Å². The molecule has 3 fully saturated rings. The lowest BCUT2D eigenvalue weighted by atomic mass is 9.75. The molecule has 3 aliphatic rings. The molecule has 5 rings (SSSR count). The Morgan fingerprint density at radius 2 is 1.54 bits per heavy atom. The fraction of sp³-hybridized carbons (Fsp3) is 0.730. The fourth-order valence-corrected chi connectivity index (χ4v) is 9.10. The summed E-state index contributed by atoms with van der Waals surface area (Å²) in [7, 11) is 0. The first kappa shape index (κ1) is 34.6. The van der Waals surface area contributed by atoms with Gasteiger partial charge in [0.1, 0.15) is 12.3 Å². The molecule has 1 N–H and O–H groups in total. The smallest absolute Gasteiger partial charge is 0.303 e. The zero-order valence-corrected chi connectivity index (χ0v) is 28.9. The van der Waals surface area contributed by atoms with Crippen LogP contribution in [0.25, 0.3) is 11.0 Å². The van der Waals surface area contributed by atoms with Gasteiger partial charge in [-0.15, -0.1) is 0 Å². The number of likely N-dealkylation sites (N-methyl/N-ethyl adjacent to an activating group) is 1. The van der Waals surface area contributed by atoms with E-state index in [0.717, 1.165) is 54.7 Å². The molecule has 2 saturated heterocycles. The van der Waals surface area contributed by atoms with E-state index in [1.54, 1.807) is 0 Å². The van der Waals surface area contributed by atoms with Crippen LogP contribution >= 0.6 is 0 Å². The van der Waals surface area contributed by atoms with Gasteiger partial charge in [0.2, 0.25) is 0 Å². The Kier molecular flexibility index (Phi) is 11.9. The second-order valence-corrected chi connectivity index (χ2v) is 14.6. The number of carboxylic acids is 1. The summed E-state index contributed by atoms with van der Waals surface area (Å²) in [5.41, 5.74) is 1.92. The second kappa shape index (κ2) is 15.9. The predicted molar refractivity (Wildman–Crippen MR) is 184 cm³/mol. The van der Waals surface area contributed by atoms with Crippen molar-refractivity contribution >= 4 is 22.7 Å². The zero-order valence-electron chi connectivity index (χ0n) is 28.9. The summed E-state index contributed by atoms with van der Waals surface area (Å²) in [4.78, 5) is 41.8. The van der Waals surface area contributed by atoms with Crippen LogP contribution in [0.2, 0.25) is 0 Å². The normalized spacial score (nSPS) is 29.4. The summed E-state index contributed by atoms with van der Waals surface area (Å²) >= 11 is 0. The van der Waals surface area contributed by atoms with Gasteiger partial charge in [-0.3, -0.25) is 14.5 Å². The van der Waals surface area contributed by atoms with E-state index in [9.17, 15) is 14.7 Å². The van der Waals surface area contributed by atoms with Crippen LogP contribution in [0, 0.1) is 17.8 Å². The first-order chi connectivity index (χ1) is 22.2. The van der Waals surface area contributed by atoms with Crippen LogP contribution in [0.3, 0.4) is 0 Å². The summed E-state index contributed by atoms with van der Waals surface area (Å²) in [5.74, 6) is 1.33. The van der Waals surface area contributed by atoms with E-state index in [-0.39, 0.29) is 30.1 Å². The number of rotatable bonds is 12. The van der Waals surface area contributed by atoms with E-state index in [1.165, 1.54) is 44.9 Å². The van der Waals surface area contributed by atoms with Crippen molar-refractivity contribution < 1.29 is 14.7 Å². The summed E-state index contributed by atoms with van der Waals surface area (Å²) < 4.78 is 1.98. The molecule has 1 saturated carbocycles. The topological polar surface area (TPSA) is 100 Å². The van der Waals surface area contributed by atoms with Crippen LogP contribution in [-0.2, 0) is 9.63 Å². The molecule has 3 unspecified atom stereocenters. The minimum absolute atomic E-state index is 0.0541. The quantitative estimate of drug-likeness (QED) is 0.157. The molecule has 2 aliphatic heterocycles. The van der Waals surface area contributed by atoms with Gasteiger partial charge < -0.3 is 19.4 Å². The maximum Gasteiger partial charge on any atom is 0.303 e. The zero-order chi connectivity index (χ0) is 32.8. The van der Waals surface area contributed by atoms with E-state index in [4.69, 9.17) is 9.82 Å². The number of aliphatic carboxylic acids is 1. The number of nitrogens with zero attached hydrogens (tertiary/aromatic N) is 5. The predicted octanol–water partition coefficient (Wildman–Crippen LogP) is 6.73. The van der Waals surface area contributed by atoms with Crippen molar-refractivity contribution in [2.75, 3.05) is 26.2 Å². The van der Waals surface area contributed by atoms with Gasteiger partial charge in [-0.2, -0.15) is 0 Å². The van der Waals surface area contributed by atoms with E-state index in [0.29, 0.717) is 37.0 Å². The van der Waals surface area contributed by atoms with Gasteiger partial charge in [0.05, 0.1) is 17.5 Å². The first-order valence-electron chi connectivity index (χ1n) is 18.1. The number of para-hydroxylation sites is 2. The number of oxime groups is 1. The second-order valence-electron chi connectivity index (χ2n) is 14.6. The third-order valence-electron chi connectivity index (χ3n) is 11.0. The molecular weight excluding hydrogens is 578 g/mol. The number of benzene rings is 1. The molecule has 254 valence electrons. The van der Waals surface area contributed by atoms with Crippen LogP contribution in [-0.4, -0.2) is 80.5 Å². The van der Waals surface area contributed by atoms with Gasteiger partial charge in [-0.1, -0.05) is 58.3 Å². The van der Waals surface area contributed by atoms with Crippen molar-refractivity contribution in [3.63, 3.8) is 0 Å².